The Bertz CT molecular complexity index is 571. The van der Waals surface area contributed by atoms with E-state index >= 15 is 0 Å². The number of hydrogen-bond acceptors (Lipinski definition) is 4. The number of anilines is 1. The molecule has 0 bridgehead atoms. The van der Waals surface area contributed by atoms with Crippen molar-refractivity contribution < 1.29 is 9.33 Å². The third-order valence-electron chi connectivity index (χ3n) is 3.69. The van der Waals surface area contributed by atoms with E-state index in [1.165, 1.54) is 19.3 Å². The predicted molar refractivity (Wildman–Crippen MR) is 96.1 cm³/mol. The lowest BCUT2D eigenvalue weighted by molar-refractivity contribution is -0.920. The molecule has 22 heavy (non-hydrogen) atoms. The Morgan fingerprint density at radius 2 is 2.00 bits per heavy atom. The second-order valence-corrected chi connectivity index (χ2v) is 6.73. The van der Waals surface area contributed by atoms with Crippen LogP contribution >= 0.6 is 27.5 Å². The van der Waals surface area contributed by atoms with E-state index in [-0.39, 0.29) is 0 Å². The predicted octanol–water partition coefficient (Wildman–Crippen LogP) is 4.13. The number of rotatable bonds is 5. The molecule has 5 nitrogen and oxygen atoms in total. The molecule has 1 fully saturated rings. The maximum absolute atomic E-state index is 6.04. The number of nitrogens with zero attached hydrogens (tertiary/aromatic N) is 3. The summed E-state index contributed by atoms with van der Waals surface area (Å²) in [6.07, 6.45) is 7.19. The van der Waals surface area contributed by atoms with E-state index in [0.717, 1.165) is 27.8 Å². The van der Waals surface area contributed by atoms with Crippen LogP contribution in [0, 0.1) is 0 Å². The van der Waals surface area contributed by atoms with Gasteiger partial charge in [-0.25, -0.2) is 4.59 Å². The molecular formula is C15H21BrClN4O+. The second-order valence-electron chi connectivity index (χ2n) is 5.47. The lowest BCUT2D eigenvalue weighted by atomic mass is 10.1. The molecule has 0 spiro atoms. The lowest BCUT2D eigenvalue weighted by Gasteiger charge is -2.30. The normalized spacial score (nSPS) is 18.0. The Morgan fingerprint density at radius 1 is 1.27 bits per heavy atom. The fraction of sp³-hybridized carbons (Fsp3) is 0.467. The Balaban J connectivity index is 1.95. The first-order chi connectivity index (χ1) is 10.5. The number of quaternary nitrogens is 1. The molecule has 1 saturated heterocycles. The molecule has 0 aliphatic carbocycles. The van der Waals surface area contributed by atoms with E-state index in [4.69, 9.17) is 16.3 Å². The molecule has 7 heteroatoms. The minimum atomic E-state index is 0.549. The molecular weight excluding hydrogens is 368 g/mol. The van der Waals surface area contributed by atoms with E-state index in [1.54, 1.807) is 31.7 Å². The van der Waals surface area contributed by atoms with Crippen LogP contribution in [-0.4, -0.2) is 44.3 Å². The Morgan fingerprint density at radius 3 is 2.68 bits per heavy atom. The molecule has 1 aromatic carbocycles. The summed E-state index contributed by atoms with van der Waals surface area (Å²) in [5.41, 5.74) is 3.73. The first-order valence-electron chi connectivity index (χ1n) is 7.25. The van der Waals surface area contributed by atoms with Gasteiger partial charge in [0.15, 0.2) is 0 Å². The highest BCUT2D eigenvalue weighted by Crippen LogP contribution is 2.34. The van der Waals surface area contributed by atoms with E-state index in [2.05, 4.69) is 38.6 Å². The van der Waals surface area contributed by atoms with Crippen molar-refractivity contribution in [1.29, 1.82) is 0 Å². The molecule has 0 saturated carbocycles. The summed E-state index contributed by atoms with van der Waals surface area (Å²) in [6.45, 7) is 2.19. The smallest absolute Gasteiger partial charge is 0.139 e. The lowest BCUT2D eigenvalue weighted by Crippen LogP contribution is -2.42. The molecule has 2 rings (SSSR count). The van der Waals surface area contributed by atoms with Gasteiger partial charge in [0.2, 0.25) is 0 Å². The van der Waals surface area contributed by atoms with E-state index < -0.39 is 0 Å². The van der Waals surface area contributed by atoms with Gasteiger partial charge in [0.05, 0.1) is 31.1 Å². The van der Waals surface area contributed by atoms with E-state index in [0.29, 0.717) is 10.8 Å². The Labute approximate surface area is 144 Å². The summed E-state index contributed by atoms with van der Waals surface area (Å²) in [6, 6.07) is 3.56. The third kappa shape index (κ3) is 4.69. The van der Waals surface area contributed by atoms with Gasteiger partial charge in [-0.1, -0.05) is 16.7 Å². The summed E-state index contributed by atoms with van der Waals surface area (Å²) in [7, 11) is 3.73. The number of likely N-dealkylation sites (tertiary alicyclic amines) is 1. The number of methoxy groups -OCH3 is 1. The minimum Gasteiger partial charge on any atom is -0.495 e. The van der Waals surface area contributed by atoms with Crippen LogP contribution < -0.4 is 10.2 Å². The number of hydrazone groups is 1. The number of piperidine rings is 1. The van der Waals surface area contributed by atoms with Gasteiger partial charge in [-0.2, -0.15) is 5.10 Å². The molecule has 1 aromatic rings. The van der Waals surface area contributed by atoms with Gasteiger partial charge in [0.1, 0.15) is 25.1 Å². The molecule has 1 heterocycles. The maximum Gasteiger partial charge on any atom is 0.139 e. The first-order valence-corrected chi connectivity index (χ1v) is 8.42. The topological polar surface area (TPSA) is 46.0 Å². The Hall–Kier alpha value is -1.11. The number of hydrogen-bond donors (Lipinski definition) is 1. The fourth-order valence-corrected chi connectivity index (χ4v) is 3.22. The number of ether oxygens (including phenoxy) is 1. The number of halogens is 2. The van der Waals surface area contributed by atoms with Crippen molar-refractivity contribution in [2.24, 2.45) is 10.2 Å². The zero-order valence-electron chi connectivity index (χ0n) is 12.9. The van der Waals surface area contributed by atoms with Crippen molar-refractivity contribution in [3.63, 3.8) is 0 Å². The van der Waals surface area contributed by atoms with Gasteiger partial charge in [0, 0.05) is 10.5 Å². The molecule has 0 unspecified atom stereocenters. The summed E-state index contributed by atoms with van der Waals surface area (Å²) >= 11 is 9.48. The van der Waals surface area contributed by atoms with Crippen molar-refractivity contribution in [1.82, 2.24) is 0 Å². The van der Waals surface area contributed by atoms with Gasteiger partial charge in [-0.3, -0.25) is 5.43 Å². The molecule has 1 aliphatic rings. The molecule has 1 aliphatic heterocycles. The second kappa shape index (κ2) is 7.94. The highest BCUT2D eigenvalue weighted by atomic mass is 79.9. The zero-order chi connectivity index (χ0) is 16.0. The van der Waals surface area contributed by atoms with Crippen LogP contribution in [0.2, 0.25) is 5.02 Å². The third-order valence-corrected chi connectivity index (χ3v) is 4.64. The van der Waals surface area contributed by atoms with E-state index in [9.17, 15) is 0 Å². The summed E-state index contributed by atoms with van der Waals surface area (Å²) in [5, 5.41) is 9.29. The summed E-state index contributed by atoms with van der Waals surface area (Å²) < 4.78 is 6.75. The molecule has 0 aromatic heterocycles. The van der Waals surface area contributed by atoms with Crippen molar-refractivity contribution in [3.05, 3.63) is 21.6 Å². The van der Waals surface area contributed by atoms with Crippen molar-refractivity contribution in [2.75, 3.05) is 32.7 Å². The van der Waals surface area contributed by atoms with Crippen molar-refractivity contribution in [3.8, 4) is 5.75 Å². The average Bonchev–Trinajstić information content (AvgIpc) is 2.49. The van der Waals surface area contributed by atoms with Crippen LogP contribution in [0.1, 0.15) is 19.3 Å². The van der Waals surface area contributed by atoms with Gasteiger partial charge in [-0.15, -0.1) is 0 Å². The average molecular weight is 389 g/mol. The van der Waals surface area contributed by atoms with Crippen LogP contribution in [0.3, 0.4) is 0 Å². The largest absolute Gasteiger partial charge is 0.495 e. The fourth-order valence-electron chi connectivity index (χ4n) is 2.41. The summed E-state index contributed by atoms with van der Waals surface area (Å²) in [4.78, 5) is 0. The van der Waals surface area contributed by atoms with Crippen molar-refractivity contribution >= 4 is 45.6 Å². The van der Waals surface area contributed by atoms with Crippen molar-refractivity contribution in [2.45, 2.75) is 19.3 Å². The molecule has 1 N–H and O–H groups in total. The zero-order valence-corrected chi connectivity index (χ0v) is 15.2. The molecule has 120 valence electrons. The standard InChI is InChI=1S/C15H21BrClN4O/c1-21(8-4-3-5-9-21)19-7-6-18-20-14-11-15(22-2)13(17)10-12(14)16/h6-7,10-11,20H,3-5,8-9H2,1-2H3/q+1/b18-6-,19-7+. The molecule has 0 atom stereocenters. The van der Waals surface area contributed by atoms with Gasteiger partial charge >= 0.3 is 0 Å². The molecule has 0 amide bonds. The summed E-state index contributed by atoms with van der Waals surface area (Å²) in [5.74, 6) is 0.600. The highest BCUT2D eigenvalue weighted by Gasteiger charge is 2.23. The minimum absolute atomic E-state index is 0.549. The quantitative estimate of drug-likeness (QED) is 0.468. The van der Waals surface area contributed by atoms with Gasteiger partial charge < -0.3 is 4.74 Å². The van der Waals surface area contributed by atoms with E-state index in [1.807, 2.05) is 0 Å². The maximum atomic E-state index is 6.04. The van der Waals surface area contributed by atoms with Gasteiger partial charge in [-0.05, 0) is 41.3 Å². The van der Waals surface area contributed by atoms with Crippen LogP contribution in [0.25, 0.3) is 0 Å². The number of nitrogens with one attached hydrogen (secondary N) is 1. The monoisotopic (exact) mass is 387 g/mol. The first kappa shape index (κ1) is 17.2. The highest BCUT2D eigenvalue weighted by molar-refractivity contribution is 9.10. The SMILES string of the molecule is COc1cc(N/N=C\C=N\[N+]2(C)CCCCC2)c(Br)cc1Cl. The Kier molecular flexibility index (Phi) is 6.23. The number of benzene rings is 1. The molecule has 0 radical (unpaired) electrons. The van der Waals surface area contributed by atoms with Crippen LogP contribution in [0.4, 0.5) is 5.69 Å². The van der Waals surface area contributed by atoms with Gasteiger partial charge in [0.25, 0.3) is 0 Å². The van der Waals surface area contributed by atoms with Crippen LogP contribution in [0.15, 0.2) is 26.8 Å². The van der Waals surface area contributed by atoms with Crippen LogP contribution in [0.5, 0.6) is 5.75 Å². The van der Waals surface area contributed by atoms with Crippen LogP contribution in [-0.2, 0) is 0 Å².